The van der Waals surface area contributed by atoms with Crippen molar-refractivity contribution in [3.05, 3.63) is 29.8 Å². The first kappa shape index (κ1) is 16.5. The van der Waals surface area contributed by atoms with Gasteiger partial charge in [0.05, 0.1) is 0 Å². The van der Waals surface area contributed by atoms with Crippen molar-refractivity contribution in [2.45, 2.75) is 46.2 Å². The van der Waals surface area contributed by atoms with E-state index in [1.165, 1.54) is 0 Å². The Kier molecular flexibility index (Phi) is 6.02. The molecule has 0 heterocycles. The minimum Gasteiger partial charge on any atom is -0.325 e. The highest BCUT2D eigenvalue weighted by Crippen LogP contribution is 2.17. The molecule has 0 aliphatic heterocycles. The molecule has 0 spiro atoms. The maximum absolute atomic E-state index is 12.2. The van der Waals surface area contributed by atoms with Gasteiger partial charge in [0.15, 0.2) is 0 Å². The summed E-state index contributed by atoms with van der Waals surface area (Å²) in [4.78, 5) is 13.9. The quantitative estimate of drug-likeness (QED) is 0.864. The summed E-state index contributed by atoms with van der Waals surface area (Å²) in [6.45, 7) is 8.32. The summed E-state index contributed by atoms with van der Waals surface area (Å²) in [5.74, 6) is 0.571. The molecule has 0 bridgehead atoms. The van der Waals surface area contributed by atoms with Gasteiger partial charge in [-0.15, -0.1) is 0 Å². The average molecular weight is 277 g/mol. The highest BCUT2D eigenvalue weighted by atomic mass is 16.2. The van der Waals surface area contributed by atoms with Crippen molar-refractivity contribution in [2.75, 3.05) is 12.4 Å². The maximum atomic E-state index is 12.2. The summed E-state index contributed by atoms with van der Waals surface area (Å²) in [5, 5.41) is 2.92. The van der Waals surface area contributed by atoms with Gasteiger partial charge in [0.25, 0.3) is 0 Å². The van der Waals surface area contributed by atoms with E-state index in [4.69, 9.17) is 5.73 Å². The lowest BCUT2D eigenvalue weighted by molar-refractivity contribution is 0.200. The molecule has 0 saturated heterocycles. The number of nitrogens with one attached hydrogen (secondary N) is 1. The number of hydrogen-bond acceptors (Lipinski definition) is 2. The molecule has 4 nitrogen and oxygen atoms in total. The summed E-state index contributed by atoms with van der Waals surface area (Å²) in [5.41, 5.74) is 7.65. The molecule has 1 aromatic rings. The van der Waals surface area contributed by atoms with Gasteiger partial charge < -0.3 is 16.0 Å². The van der Waals surface area contributed by atoms with Crippen LogP contribution in [0.1, 0.15) is 45.7 Å². The van der Waals surface area contributed by atoms with E-state index in [1.54, 1.807) is 4.90 Å². The van der Waals surface area contributed by atoms with Crippen LogP contribution in [0.2, 0.25) is 0 Å². The minimum absolute atomic E-state index is 0.0375. The first-order valence-electron chi connectivity index (χ1n) is 7.20. The molecule has 2 unspecified atom stereocenters. The van der Waals surface area contributed by atoms with Crippen LogP contribution in [-0.4, -0.2) is 24.0 Å². The number of anilines is 1. The van der Waals surface area contributed by atoms with E-state index in [0.717, 1.165) is 17.7 Å². The largest absolute Gasteiger partial charge is 0.325 e. The SMILES string of the molecule is CC(C)CC(C)N(C)C(=O)Nc1cccc(C(C)N)c1. The van der Waals surface area contributed by atoms with E-state index >= 15 is 0 Å². The number of carbonyl (C=O) groups is 1. The Hall–Kier alpha value is -1.55. The van der Waals surface area contributed by atoms with Gasteiger partial charge in [-0.25, -0.2) is 4.79 Å². The smallest absolute Gasteiger partial charge is 0.321 e. The number of urea groups is 1. The molecule has 20 heavy (non-hydrogen) atoms. The summed E-state index contributed by atoms with van der Waals surface area (Å²) < 4.78 is 0. The third kappa shape index (κ3) is 4.85. The summed E-state index contributed by atoms with van der Waals surface area (Å²) in [7, 11) is 1.83. The third-order valence-corrected chi connectivity index (χ3v) is 3.46. The number of carbonyl (C=O) groups excluding carboxylic acids is 1. The molecule has 2 atom stereocenters. The summed E-state index contributed by atoms with van der Waals surface area (Å²) in [6, 6.07) is 7.77. The van der Waals surface area contributed by atoms with Crippen LogP contribution in [-0.2, 0) is 0 Å². The molecular weight excluding hydrogens is 250 g/mol. The van der Waals surface area contributed by atoms with Crippen LogP contribution >= 0.6 is 0 Å². The van der Waals surface area contributed by atoms with Crippen molar-refractivity contribution in [3.63, 3.8) is 0 Å². The first-order chi connectivity index (χ1) is 9.31. The lowest BCUT2D eigenvalue weighted by Crippen LogP contribution is -2.38. The van der Waals surface area contributed by atoms with Crippen LogP contribution < -0.4 is 11.1 Å². The standard InChI is InChI=1S/C16H27N3O/c1-11(2)9-12(3)19(5)16(20)18-15-8-6-7-14(10-15)13(4)17/h6-8,10-13H,9,17H2,1-5H3,(H,18,20). The Morgan fingerprint density at radius 2 is 1.95 bits per heavy atom. The number of amides is 2. The second-order valence-electron chi connectivity index (χ2n) is 5.93. The Morgan fingerprint density at radius 1 is 1.30 bits per heavy atom. The van der Waals surface area contributed by atoms with E-state index in [-0.39, 0.29) is 18.1 Å². The molecule has 1 rings (SSSR count). The molecule has 0 aliphatic rings. The fraction of sp³-hybridized carbons (Fsp3) is 0.562. The molecule has 0 aliphatic carbocycles. The topological polar surface area (TPSA) is 58.4 Å². The van der Waals surface area contributed by atoms with Crippen molar-refractivity contribution in [1.29, 1.82) is 0 Å². The molecule has 3 N–H and O–H groups in total. The van der Waals surface area contributed by atoms with Crippen LogP contribution in [0.3, 0.4) is 0 Å². The van der Waals surface area contributed by atoms with Gasteiger partial charge in [0.1, 0.15) is 0 Å². The maximum Gasteiger partial charge on any atom is 0.321 e. The van der Waals surface area contributed by atoms with Crippen molar-refractivity contribution in [2.24, 2.45) is 11.7 Å². The van der Waals surface area contributed by atoms with E-state index in [0.29, 0.717) is 5.92 Å². The van der Waals surface area contributed by atoms with Crippen LogP contribution in [0.15, 0.2) is 24.3 Å². The van der Waals surface area contributed by atoms with Crippen molar-refractivity contribution >= 4 is 11.7 Å². The molecule has 112 valence electrons. The van der Waals surface area contributed by atoms with Crippen LogP contribution in [0.25, 0.3) is 0 Å². The molecule has 0 radical (unpaired) electrons. The van der Waals surface area contributed by atoms with Crippen molar-refractivity contribution in [3.8, 4) is 0 Å². The van der Waals surface area contributed by atoms with Gasteiger partial charge in [0.2, 0.25) is 0 Å². The molecule has 0 aromatic heterocycles. The van der Waals surface area contributed by atoms with E-state index in [2.05, 4.69) is 26.1 Å². The van der Waals surface area contributed by atoms with Crippen LogP contribution in [0.5, 0.6) is 0 Å². The predicted octanol–water partition coefficient (Wildman–Crippen LogP) is 3.60. The Labute approximate surface area is 122 Å². The van der Waals surface area contributed by atoms with Crippen LogP contribution in [0.4, 0.5) is 10.5 Å². The average Bonchev–Trinajstić information content (AvgIpc) is 2.37. The van der Waals surface area contributed by atoms with E-state index in [9.17, 15) is 4.79 Å². The Bertz CT molecular complexity index is 443. The third-order valence-electron chi connectivity index (χ3n) is 3.46. The van der Waals surface area contributed by atoms with Gasteiger partial charge in [-0.05, 0) is 43.9 Å². The molecule has 0 saturated carbocycles. The lowest BCUT2D eigenvalue weighted by atomic mass is 10.0. The zero-order chi connectivity index (χ0) is 15.3. The number of benzene rings is 1. The highest BCUT2D eigenvalue weighted by molar-refractivity contribution is 5.89. The molecule has 2 amide bonds. The van der Waals surface area contributed by atoms with E-state index < -0.39 is 0 Å². The van der Waals surface area contributed by atoms with Gasteiger partial charge >= 0.3 is 6.03 Å². The Balaban J connectivity index is 2.68. The Morgan fingerprint density at radius 3 is 2.50 bits per heavy atom. The van der Waals surface area contributed by atoms with E-state index in [1.807, 2.05) is 38.2 Å². The summed E-state index contributed by atoms with van der Waals surface area (Å²) in [6.07, 6.45) is 0.990. The van der Waals surface area contributed by atoms with Gasteiger partial charge in [-0.1, -0.05) is 26.0 Å². The highest BCUT2D eigenvalue weighted by Gasteiger charge is 2.16. The van der Waals surface area contributed by atoms with Gasteiger partial charge in [-0.3, -0.25) is 0 Å². The number of nitrogens with two attached hydrogens (primary N) is 1. The van der Waals surface area contributed by atoms with Gasteiger partial charge in [-0.2, -0.15) is 0 Å². The molecule has 1 aromatic carbocycles. The molecule has 0 fully saturated rings. The zero-order valence-electron chi connectivity index (χ0n) is 13.2. The summed E-state index contributed by atoms with van der Waals surface area (Å²) >= 11 is 0. The lowest BCUT2D eigenvalue weighted by Gasteiger charge is -2.26. The van der Waals surface area contributed by atoms with Crippen LogP contribution in [0, 0.1) is 5.92 Å². The molecule has 4 heteroatoms. The fourth-order valence-corrected chi connectivity index (χ4v) is 2.15. The minimum atomic E-state index is -0.0834. The van der Waals surface area contributed by atoms with Crippen molar-refractivity contribution < 1.29 is 4.79 Å². The monoisotopic (exact) mass is 277 g/mol. The first-order valence-corrected chi connectivity index (χ1v) is 7.20. The number of nitrogens with zero attached hydrogens (tertiary/aromatic N) is 1. The predicted molar refractivity (Wildman–Crippen MR) is 84.7 cm³/mol. The van der Waals surface area contributed by atoms with Crippen molar-refractivity contribution in [1.82, 2.24) is 4.90 Å². The second-order valence-corrected chi connectivity index (χ2v) is 5.93. The normalized spacial score (nSPS) is 13.9. The fourth-order valence-electron chi connectivity index (χ4n) is 2.15. The second kappa shape index (κ2) is 7.29. The zero-order valence-corrected chi connectivity index (χ0v) is 13.2. The molecular formula is C16H27N3O. The number of rotatable bonds is 5. The van der Waals surface area contributed by atoms with Gasteiger partial charge in [0, 0.05) is 24.8 Å². The number of hydrogen-bond donors (Lipinski definition) is 2.